The van der Waals surface area contributed by atoms with Crippen molar-refractivity contribution in [3.05, 3.63) is 46.6 Å². The molecule has 2 rings (SSSR count). The van der Waals surface area contributed by atoms with Gasteiger partial charge < -0.3 is 10.6 Å². The summed E-state index contributed by atoms with van der Waals surface area (Å²) in [4.78, 5) is 8.93. The Balaban J connectivity index is 1.92. The number of aryl methyl sites for hydroxylation is 1. The first-order valence-corrected chi connectivity index (χ1v) is 8.13. The lowest BCUT2D eigenvalue weighted by molar-refractivity contribution is 0.742. The number of benzene rings is 1. The van der Waals surface area contributed by atoms with Crippen LogP contribution in [0.2, 0.25) is 5.02 Å². The Bertz CT molecular complexity index is 584. The van der Waals surface area contributed by atoms with Crippen molar-refractivity contribution in [3.8, 4) is 0 Å². The minimum atomic E-state index is 0.646. The minimum Gasteiger partial charge on any atom is -0.370 e. The molecule has 0 spiro atoms. The van der Waals surface area contributed by atoms with Crippen molar-refractivity contribution in [2.45, 2.75) is 39.7 Å². The van der Waals surface area contributed by atoms with Gasteiger partial charge >= 0.3 is 0 Å². The highest BCUT2D eigenvalue weighted by molar-refractivity contribution is 6.30. The van der Waals surface area contributed by atoms with E-state index in [0.717, 1.165) is 35.1 Å². The molecule has 1 aromatic heterocycles. The molecule has 2 N–H and O–H groups in total. The number of hydrogen-bond acceptors (Lipinski definition) is 4. The second-order valence-electron chi connectivity index (χ2n) is 5.33. The van der Waals surface area contributed by atoms with Crippen LogP contribution in [0.4, 0.5) is 11.8 Å². The zero-order valence-corrected chi connectivity index (χ0v) is 14.0. The zero-order valence-electron chi connectivity index (χ0n) is 13.2. The van der Waals surface area contributed by atoms with Crippen LogP contribution in [0.5, 0.6) is 0 Å². The molecule has 0 radical (unpaired) electrons. The van der Waals surface area contributed by atoms with Gasteiger partial charge in [0.25, 0.3) is 0 Å². The van der Waals surface area contributed by atoms with Crippen LogP contribution in [-0.4, -0.2) is 16.5 Å². The van der Waals surface area contributed by atoms with Gasteiger partial charge in [-0.25, -0.2) is 4.98 Å². The Labute approximate surface area is 137 Å². The first-order valence-electron chi connectivity index (χ1n) is 7.75. The quantitative estimate of drug-likeness (QED) is 0.695. The largest absolute Gasteiger partial charge is 0.370 e. The lowest BCUT2D eigenvalue weighted by Crippen LogP contribution is -2.08. The number of aromatic nitrogens is 2. The van der Waals surface area contributed by atoms with E-state index in [2.05, 4.69) is 27.5 Å². The molecule has 0 amide bonds. The summed E-state index contributed by atoms with van der Waals surface area (Å²) < 4.78 is 0. The van der Waals surface area contributed by atoms with Crippen molar-refractivity contribution in [2.75, 3.05) is 17.2 Å². The van der Waals surface area contributed by atoms with Gasteiger partial charge in [-0.3, -0.25) is 0 Å². The van der Waals surface area contributed by atoms with Crippen LogP contribution in [0.15, 0.2) is 30.3 Å². The Morgan fingerprint density at radius 1 is 1.05 bits per heavy atom. The normalized spacial score (nSPS) is 10.5. The van der Waals surface area contributed by atoms with Crippen molar-refractivity contribution in [1.29, 1.82) is 0 Å². The zero-order chi connectivity index (χ0) is 15.8. The highest BCUT2D eigenvalue weighted by atomic mass is 35.5. The number of nitrogens with zero attached hydrogens (tertiary/aromatic N) is 2. The third kappa shape index (κ3) is 5.53. The van der Waals surface area contributed by atoms with Gasteiger partial charge in [-0.15, -0.1) is 0 Å². The van der Waals surface area contributed by atoms with Gasteiger partial charge in [-0.1, -0.05) is 43.5 Å². The van der Waals surface area contributed by atoms with E-state index in [-0.39, 0.29) is 0 Å². The fourth-order valence-corrected chi connectivity index (χ4v) is 2.24. The second-order valence-corrected chi connectivity index (χ2v) is 5.77. The fourth-order valence-electron chi connectivity index (χ4n) is 2.11. The summed E-state index contributed by atoms with van der Waals surface area (Å²) in [6.07, 6.45) is 3.62. The van der Waals surface area contributed by atoms with E-state index in [4.69, 9.17) is 11.6 Å². The van der Waals surface area contributed by atoms with Gasteiger partial charge in [0.1, 0.15) is 5.82 Å². The summed E-state index contributed by atoms with van der Waals surface area (Å²) in [5, 5.41) is 7.36. The number of hydrogen-bond donors (Lipinski definition) is 2. The molecule has 0 aliphatic heterocycles. The van der Waals surface area contributed by atoms with Crippen molar-refractivity contribution >= 4 is 23.4 Å². The van der Waals surface area contributed by atoms with Crippen molar-refractivity contribution in [1.82, 2.24) is 9.97 Å². The number of nitrogens with one attached hydrogen (secondary N) is 2. The maximum atomic E-state index is 5.89. The third-order valence-corrected chi connectivity index (χ3v) is 3.56. The van der Waals surface area contributed by atoms with Crippen LogP contribution in [0, 0.1) is 6.92 Å². The summed E-state index contributed by atoms with van der Waals surface area (Å²) >= 11 is 5.89. The van der Waals surface area contributed by atoms with Gasteiger partial charge in [-0.05, 0) is 31.0 Å². The molecular weight excluding hydrogens is 296 g/mol. The molecule has 1 heterocycles. The number of anilines is 2. The molecule has 5 heteroatoms. The Hall–Kier alpha value is -1.81. The van der Waals surface area contributed by atoms with E-state index in [9.17, 15) is 0 Å². The maximum Gasteiger partial charge on any atom is 0.225 e. The van der Waals surface area contributed by atoms with E-state index in [1.54, 1.807) is 0 Å². The molecule has 4 nitrogen and oxygen atoms in total. The molecule has 0 aliphatic rings. The van der Waals surface area contributed by atoms with E-state index in [1.165, 1.54) is 12.8 Å². The van der Waals surface area contributed by atoms with Gasteiger partial charge in [0.05, 0.1) is 0 Å². The molecule has 118 valence electrons. The third-order valence-electron chi connectivity index (χ3n) is 3.30. The lowest BCUT2D eigenvalue weighted by atomic mass is 10.2. The van der Waals surface area contributed by atoms with Crippen LogP contribution in [0.3, 0.4) is 0 Å². The van der Waals surface area contributed by atoms with Crippen LogP contribution in [0.25, 0.3) is 0 Å². The smallest absolute Gasteiger partial charge is 0.225 e. The fraction of sp³-hybridized carbons (Fsp3) is 0.412. The standard InChI is InChI=1S/C17H23ClN4/c1-3-4-5-10-19-16-11-13(2)21-17(22-16)20-12-14-6-8-15(18)9-7-14/h6-9,11H,3-5,10,12H2,1-2H3,(H2,19,20,21,22). The van der Waals surface area contributed by atoms with Gasteiger partial charge in [0.15, 0.2) is 0 Å². The molecule has 22 heavy (non-hydrogen) atoms. The highest BCUT2D eigenvalue weighted by Gasteiger charge is 2.02. The SMILES string of the molecule is CCCCCNc1cc(C)nc(NCc2ccc(Cl)cc2)n1. The molecule has 0 saturated heterocycles. The average Bonchev–Trinajstić information content (AvgIpc) is 2.51. The van der Waals surface area contributed by atoms with Crippen LogP contribution in [-0.2, 0) is 6.54 Å². The summed E-state index contributed by atoms with van der Waals surface area (Å²) in [6.45, 7) is 5.80. The predicted molar refractivity (Wildman–Crippen MR) is 93.6 cm³/mol. The van der Waals surface area contributed by atoms with E-state index < -0.39 is 0 Å². The molecule has 0 aliphatic carbocycles. The van der Waals surface area contributed by atoms with Crippen LogP contribution < -0.4 is 10.6 Å². The molecule has 0 atom stereocenters. The van der Waals surface area contributed by atoms with Crippen molar-refractivity contribution in [3.63, 3.8) is 0 Å². The molecule has 0 fully saturated rings. The van der Waals surface area contributed by atoms with Crippen LogP contribution in [0.1, 0.15) is 37.4 Å². The van der Waals surface area contributed by atoms with E-state index in [1.807, 2.05) is 37.3 Å². The van der Waals surface area contributed by atoms with Crippen molar-refractivity contribution < 1.29 is 0 Å². The summed E-state index contributed by atoms with van der Waals surface area (Å²) in [7, 11) is 0. The second kappa shape index (κ2) is 8.59. The monoisotopic (exact) mass is 318 g/mol. The van der Waals surface area contributed by atoms with E-state index in [0.29, 0.717) is 12.5 Å². The topological polar surface area (TPSA) is 49.8 Å². The highest BCUT2D eigenvalue weighted by Crippen LogP contribution is 2.13. The number of halogens is 1. The van der Waals surface area contributed by atoms with Gasteiger partial charge in [0, 0.05) is 29.9 Å². The average molecular weight is 319 g/mol. The lowest BCUT2D eigenvalue weighted by Gasteiger charge is -2.10. The molecule has 0 bridgehead atoms. The van der Waals surface area contributed by atoms with Gasteiger partial charge in [-0.2, -0.15) is 4.98 Å². The number of unbranched alkanes of at least 4 members (excludes halogenated alkanes) is 2. The summed E-state index contributed by atoms with van der Waals surface area (Å²) in [6, 6.07) is 9.73. The molecular formula is C17H23ClN4. The molecule has 0 saturated carbocycles. The van der Waals surface area contributed by atoms with Crippen LogP contribution >= 0.6 is 11.6 Å². The molecule has 0 unspecified atom stereocenters. The Morgan fingerprint density at radius 2 is 1.82 bits per heavy atom. The first kappa shape index (κ1) is 16.6. The summed E-state index contributed by atoms with van der Waals surface area (Å²) in [5.74, 6) is 1.52. The minimum absolute atomic E-state index is 0.646. The van der Waals surface area contributed by atoms with E-state index >= 15 is 0 Å². The first-order chi connectivity index (χ1) is 10.7. The van der Waals surface area contributed by atoms with Crippen molar-refractivity contribution in [2.24, 2.45) is 0 Å². The van der Waals surface area contributed by atoms with Gasteiger partial charge in [0.2, 0.25) is 5.95 Å². The maximum absolute atomic E-state index is 5.89. The predicted octanol–water partition coefficient (Wildman–Crippen LogP) is 4.65. The molecule has 1 aromatic carbocycles. The Kier molecular flexibility index (Phi) is 6.46. The Morgan fingerprint density at radius 3 is 2.55 bits per heavy atom. The summed E-state index contributed by atoms with van der Waals surface area (Å²) in [5.41, 5.74) is 2.10. The number of rotatable bonds is 8. The molecule has 2 aromatic rings.